The van der Waals surface area contributed by atoms with Crippen LogP contribution < -0.4 is 10.6 Å². The molecule has 0 saturated heterocycles. The van der Waals surface area contributed by atoms with Crippen LogP contribution >= 0.6 is 0 Å². The molecule has 0 amide bonds. The molecule has 0 unspecified atom stereocenters. The van der Waals surface area contributed by atoms with Crippen molar-refractivity contribution < 1.29 is 4.39 Å². The zero-order valence-corrected chi connectivity index (χ0v) is 16.0. The fourth-order valence-corrected chi connectivity index (χ4v) is 2.75. The number of aryl methyl sites for hydroxylation is 1. The average Bonchev–Trinajstić information content (AvgIpc) is 3.19. The minimum absolute atomic E-state index is 0.236. The fourth-order valence-electron chi connectivity index (χ4n) is 2.75. The van der Waals surface area contributed by atoms with E-state index in [1.807, 2.05) is 34.9 Å². The Labute approximate surface area is 164 Å². The van der Waals surface area contributed by atoms with Crippen LogP contribution in [0.2, 0.25) is 0 Å². The summed E-state index contributed by atoms with van der Waals surface area (Å²) in [6.07, 6.45) is 2.59. The van der Waals surface area contributed by atoms with Gasteiger partial charge in [0.05, 0.1) is 6.54 Å². The predicted molar refractivity (Wildman–Crippen MR) is 108 cm³/mol. The summed E-state index contributed by atoms with van der Waals surface area (Å²) in [6.45, 7) is 4.64. The Bertz CT molecular complexity index is 873. The van der Waals surface area contributed by atoms with Crippen molar-refractivity contribution in [3.8, 4) is 0 Å². The van der Waals surface area contributed by atoms with Crippen LogP contribution in [0.25, 0.3) is 0 Å². The van der Waals surface area contributed by atoms with Gasteiger partial charge < -0.3 is 15.2 Å². The second-order valence-electron chi connectivity index (χ2n) is 6.35. The smallest absolute Gasteiger partial charge is 0.191 e. The van der Waals surface area contributed by atoms with Crippen molar-refractivity contribution in [1.82, 2.24) is 25.4 Å². The molecule has 7 heteroatoms. The fraction of sp³-hybridized carbons (Fsp3) is 0.286. The molecule has 1 heterocycles. The summed E-state index contributed by atoms with van der Waals surface area (Å²) >= 11 is 0. The quantitative estimate of drug-likeness (QED) is 0.466. The summed E-state index contributed by atoms with van der Waals surface area (Å²) in [6, 6.07) is 16.5. The largest absolute Gasteiger partial charge is 0.355 e. The highest BCUT2D eigenvalue weighted by molar-refractivity contribution is 5.79. The molecule has 0 saturated carbocycles. The SMILES string of the molecule is CCc1nncn1CCNC(=NCc1ccccc1)NCc1ccc(F)cc1. The van der Waals surface area contributed by atoms with Gasteiger partial charge in [0.2, 0.25) is 0 Å². The lowest BCUT2D eigenvalue weighted by atomic mass is 10.2. The first-order valence-corrected chi connectivity index (χ1v) is 9.42. The monoisotopic (exact) mass is 380 g/mol. The Hall–Kier alpha value is -3.22. The van der Waals surface area contributed by atoms with Gasteiger partial charge in [0.25, 0.3) is 0 Å². The Morgan fingerprint density at radius 3 is 2.57 bits per heavy atom. The Morgan fingerprint density at radius 1 is 1.04 bits per heavy atom. The topological polar surface area (TPSA) is 67.1 Å². The molecule has 0 bridgehead atoms. The van der Waals surface area contributed by atoms with Crippen LogP contribution in [-0.4, -0.2) is 27.3 Å². The summed E-state index contributed by atoms with van der Waals surface area (Å²) in [4.78, 5) is 4.67. The zero-order valence-electron chi connectivity index (χ0n) is 16.0. The van der Waals surface area contributed by atoms with Gasteiger partial charge in [-0.15, -0.1) is 10.2 Å². The van der Waals surface area contributed by atoms with E-state index in [0.29, 0.717) is 25.6 Å². The van der Waals surface area contributed by atoms with Gasteiger partial charge in [0, 0.05) is 26.1 Å². The first-order chi connectivity index (χ1) is 13.7. The normalized spacial score (nSPS) is 11.4. The van der Waals surface area contributed by atoms with Gasteiger partial charge in [0.15, 0.2) is 5.96 Å². The number of hydrogen-bond donors (Lipinski definition) is 2. The van der Waals surface area contributed by atoms with E-state index in [9.17, 15) is 4.39 Å². The van der Waals surface area contributed by atoms with Crippen LogP contribution in [0.4, 0.5) is 4.39 Å². The van der Waals surface area contributed by atoms with Crippen molar-refractivity contribution in [1.29, 1.82) is 0 Å². The molecule has 0 atom stereocenters. The third kappa shape index (κ3) is 5.90. The van der Waals surface area contributed by atoms with Crippen LogP contribution in [0, 0.1) is 5.82 Å². The summed E-state index contributed by atoms with van der Waals surface area (Å²) < 4.78 is 15.1. The van der Waals surface area contributed by atoms with Gasteiger partial charge in [-0.2, -0.15) is 0 Å². The molecular weight excluding hydrogens is 355 g/mol. The highest BCUT2D eigenvalue weighted by Crippen LogP contribution is 2.03. The maximum absolute atomic E-state index is 13.1. The van der Waals surface area contributed by atoms with Crippen LogP contribution in [0.3, 0.4) is 0 Å². The van der Waals surface area contributed by atoms with Gasteiger partial charge in [-0.05, 0) is 23.3 Å². The molecule has 0 aliphatic rings. The molecule has 0 fully saturated rings. The van der Waals surface area contributed by atoms with Crippen molar-refractivity contribution in [2.24, 2.45) is 4.99 Å². The van der Waals surface area contributed by atoms with Crippen molar-refractivity contribution in [2.75, 3.05) is 6.54 Å². The molecule has 146 valence electrons. The Kier molecular flexibility index (Phi) is 7.12. The molecule has 0 spiro atoms. The van der Waals surface area contributed by atoms with Crippen molar-refractivity contribution in [3.05, 3.63) is 83.7 Å². The van der Waals surface area contributed by atoms with Gasteiger partial charge in [-0.25, -0.2) is 9.38 Å². The summed E-state index contributed by atoms with van der Waals surface area (Å²) in [5.41, 5.74) is 2.13. The van der Waals surface area contributed by atoms with Crippen molar-refractivity contribution >= 4 is 5.96 Å². The van der Waals surface area contributed by atoms with Gasteiger partial charge in [0.1, 0.15) is 18.0 Å². The van der Waals surface area contributed by atoms with E-state index in [2.05, 4.69) is 32.7 Å². The number of halogens is 1. The number of benzene rings is 2. The first kappa shape index (κ1) is 19.5. The van der Waals surface area contributed by atoms with E-state index < -0.39 is 0 Å². The number of guanidine groups is 1. The number of nitrogens with one attached hydrogen (secondary N) is 2. The molecule has 28 heavy (non-hydrogen) atoms. The van der Waals surface area contributed by atoms with E-state index in [-0.39, 0.29) is 5.82 Å². The maximum atomic E-state index is 13.1. The number of aromatic nitrogens is 3. The minimum atomic E-state index is -0.236. The maximum Gasteiger partial charge on any atom is 0.191 e. The van der Waals surface area contributed by atoms with Crippen LogP contribution in [0.1, 0.15) is 23.9 Å². The molecule has 6 nitrogen and oxygen atoms in total. The second-order valence-corrected chi connectivity index (χ2v) is 6.35. The molecule has 0 aliphatic carbocycles. The summed E-state index contributed by atoms with van der Waals surface area (Å²) in [5, 5.41) is 14.7. The number of hydrogen-bond acceptors (Lipinski definition) is 3. The molecule has 1 aromatic heterocycles. The van der Waals surface area contributed by atoms with Crippen LogP contribution in [0.15, 0.2) is 65.9 Å². The predicted octanol–water partition coefficient (Wildman–Crippen LogP) is 2.92. The van der Waals surface area contributed by atoms with Crippen LogP contribution in [0.5, 0.6) is 0 Å². The standard InChI is InChI=1S/C21H25FN6/c1-2-20-27-26-16-28(20)13-12-23-21(24-14-17-6-4-3-5-7-17)25-15-18-8-10-19(22)11-9-18/h3-11,16H,2,12-15H2,1H3,(H2,23,24,25). The third-order valence-electron chi connectivity index (χ3n) is 4.29. The lowest BCUT2D eigenvalue weighted by Crippen LogP contribution is -2.38. The number of nitrogens with zero attached hydrogens (tertiary/aromatic N) is 4. The van der Waals surface area contributed by atoms with E-state index in [0.717, 1.165) is 29.9 Å². The zero-order chi connectivity index (χ0) is 19.6. The first-order valence-electron chi connectivity index (χ1n) is 9.42. The third-order valence-corrected chi connectivity index (χ3v) is 4.29. The lowest BCUT2D eigenvalue weighted by molar-refractivity contribution is 0.625. The van der Waals surface area contributed by atoms with Gasteiger partial charge in [-0.1, -0.05) is 49.4 Å². The van der Waals surface area contributed by atoms with E-state index >= 15 is 0 Å². The molecule has 0 radical (unpaired) electrons. The van der Waals surface area contributed by atoms with E-state index in [1.165, 1.54) is 12.1 Å². The highest BCUT2D eigenvalue weighted by Gasteiger charge is 2.03. The van der Waals surface area contributed by atoms with Crippen molar-refractivity contribution in [2.45, 2.75) is 33.0 Å². The molecular formula is C21H25FN6. The van der Waals surface area contributed by atoms with Gasteiger partial charge in [-0.3, -0.25) is 0 Å². The molecule has 3 aromatic rings. The molecule has 2 aromatic carbocycles. The number of rotatable bonds is 8. The number of aliphatic imine (C=N–C) groups is 1. The Balaban J connectivity index is 1.60. The summed E-state index contributed by atoms with van der Waals surface area (Å²) in [7, 11) is 0. The van der Waals surface area contributed by atoms with Crippen molar-refractivity contribution in [3.63, 3.8) is 0 Å². The lowest BCUT2D eigenvalue weighted by Gasteiger charge is -2.14. The van der Waals surface area contributed by atoms with E-state index in [4.69, 9.17) is 0 Å². The minimum Gasteiger partial charge on any atom is -0.355 e. The average molecular weight is 380 g/mol. The summed E-state index contributed by atoms with van der Waals surface area (Å²) in [5.74, 6) is 1.43. The molecule has 3 rings (SSSR count). The van der Waals surface area contributed by atoms with E-state index in [1.54, 1.807) is 18.5 Å². The Morgan fingerprint density at radius 2 is 1.82 bits per heavy atom. The molecule has 0 aliphatic heterocycles. The van der Waals surface area contributed by atoms with Gasteiger partial charge >= 0.3 is 0 Å². The second kappa shape index (κ2) is 10.2. The molecule has 2 N–H and O–H groups in total. The van der Waals surface area contributed by atoms with Crippen LogP contribution in [-0.2, 0) is 26.1 Å². The highest BCUT2D eigenvalue weighted by atomic mass is 19.1.